The molecule has 36 heavy (non-hydrogen) atoms. The van der Waals surface area contributed by atoms with Gasteiger partial charge < -0.3 is 20.7 Å². The van der Waals surface area contributed by atoms with Crippen molar-refractivity contribution in [3.05, 3.63) is 83.1 Å². The molecule has 0 fully saturated rings. The lowest BCUT2D eigenvalue weighted by molar-refractivity contribution is 0.0904. The molecule has 2 aromatic heterocycles. The Morgan fingerprint density at radius 2 is 1.86 bits per heavy atom. The number of hydrogen-bond acceptors (Lipinski definition) is 6. The lowest BCUT2D eigenvalue weighted by atomic mass is 10.1. The fourth-order valence-corrected chi connectivity index (χ4v) is 3.84. The molecule has 0 saturated carbocycles. The fraction of sp³-hybridized carbons (Fsp3) is 0.231. The summed E-state index contributed by atoms with van der Waals surface area (Å²) in [7, 11) is 1.58. The van der Waals surface area contributed by atoms with Gasteiger partial charge in [-0.25, -0.2) is 13.9 Å². The third-order valence-electron chi connectivity index (χ3n) is 5.72. The van der Waals surface area contributed by atoms with E-state index in [4.69, 9.17) is 4.74 Å². The van der Waals surface area contributed by atoms with Crippen LogP contribution in [0.3, 0.4) is 0 Å². The molecule has 0 bridgehead atoms. The topological polar surface area (TPSA) is 110 Å². The lowest BCUT2D eigenvalue weighted by Crippen LogP contribution is -2.35. The van der Waals surface area contributed by atoms with Crippen LogP contribution >= 0.6 is 0 Å². The van der Waals surface area contributed by atoms with E-state index in [1.165, 1.54) is 30.6 Å². The van der Waals surface area contributed by atoms with E-state index in [1.807, 2.05) is 26.8 Å². The number of benzene rings is 2. The maximum atomic E-state index is 13.2. The minimum absolute atomic E-state index is 0.149. The van der Waals surface area contributed by atoms with Gasteiger partial charge in [-0.15, -0.1) is 0 Å². The molecule has 10 heteroatoms. The number of halogens is 1. The number of carbonyl (C=O) groups is 2. The molecule has 186 valence electrons. The predicted octanol–water partition coefficient (Wildman–Crippen LogP) is 4.25. The average molecular weight is 491 g/mol. The molecule has 0 saturated heterocycles. The zero-order valence-corrected chi connectivity index (χ0v) is 20.4. The quantitative estimate of drug-likeness (QED) is 0.341. The summed E-state index contributed by atoms with van der Waals surface area (Å²) < 4.78 is 19.9. The van der Waals surface area contributed by atoms with Gasteiger partial charge in [0.2, 0.25) is 0 Å². The van der Waals surface area contributed by atoms with Crippen molar-refractivity contribution in [2.75, 3.05) is 24.4 Å². The van der Waals surface area contributed by atoms with Crippen molar-refractivity contribution in [3.63, 3.8) is 0 Å². The molecule has 0 unspecified atom stereocenters. The molecule has 0 aliphatic carbocycles. The first-order valence-corrected chi connectivity index (χ1v) is 11.3. The second-order valence-electron chi connectivity index (χ2n) is 8.52. The average Bonchev–Trinajstić information content (AvgIpc) is 3.19. The molecule has 0 aliphatic rings. The highest BCUT2D eigenvalue weighted by atomic mass is 19.1. The van der Waals surface area contributed by atoms with Crippen LogP contribution in [0.2, 0.25) is 0 Å². The molecule has 4 aromatic rings. The van der Waals surface area contributed by atoms with E-state index in [0.29, 0.717) is 40.4 Å². The Labute approximate surface area is 207 Å². The zero-order valence-electron chi connectivity index (χ0n) is 20.4. The number of amides is 2. The number of rotatable bonds is 8. The molecule has 2 aromatic carbocycles. The van der Waals surface area contributed by atoms with Crippen LogP contribution in [0, 0.1) is 19.7 Å². The number of fused-ring (bicyclic) bond motifs is 1. The summed E-state index contributed by atoms with van der Waals surface area (Å²) in [5.74, 6) is -0.475. The molecule has 0 aliphatic heterocycles. The molecule has 0 spiro atoms. The number of carbonyl (C=O) groups excluding carboxylic acids is 2. The van der Waals surface area contributed by atoms with Gasteiger partial charge in [0.15, 0.2) is 5.82 Å². The van der Waals surface area contributed by atoms with Crippen LogP contribution < -0.4 is 16.0 Å². The second kappa shape index (κ2) is 10.5. The van der Waals surface area contributed by atoms with Crippen molar-refractivity contribution in [3.8, 4) is 0 Å². The van der Waals surface area contributed by atoms with Gasteiger partial charge in [0, 0.05) is 36.3 Å². The smallest absolute Gasteiger partial charge is 0.255 e. The Hall–Kier alpha value is -4.31. The summed E-state index contributed by atoms with van der Waals surface area (Å²) in [5.41, 5.74) is 4.40. The molecule has 0 radical (unpaired) electrons. The van der Waals surface area contributed by atoms with E-state index in [0.717, 1.165) is 11.1 Å². The number of nitrogens with one attached hydrogen (secondary N) is 3. The highest BCUT2D eigenvalue weighted by Gasteiger charge is 2.19. The van der Waals surface area contributed by atoms with Gasteiger partial charge in [-0.2, -0.15) is 5.10 Å². The Morgan fingerprint density at radius 3 is 2.58 bits per heavy atom. The van der Waals surface area contributed by atoms with Crippen molar-refractivity contribution < 1.29 is 18.7 Å². The van der Waals surface area contributed by atoms with E-state index in [2.05, 4.69) is 26.0 Å². The van der Waals surface area contributed by atoms with E-state index >= 15 is 0 Å². The highest BCUT2D eigenvalue weighted by molar-refractivity contribution is 6.04. The maximum absolute atomic E-state index is 13.2. The monoisotopic (exact) mass is 490 g/mol. The fourth-order valence-electron chi connectivity index (χ4n) is 3.84. The summed E-state index contributed by atoms with van der Waals surface area (Å²) in [4.78, 5) is 29.8. The van der Waals surface area contributed by atoms with Crippen LogP contribution in [0.25, 0.3) is 5.52 Å². The van der Waals surface area contributed by atoms with Crippen LogP contribution in [-0.4, -0.2) is 46.2 Å². The van der Waals surface area contributed by atoms with Gasteiger partial charge in [0.05, 0.1) is 12.2 Å². The largest absolute Gasteiger partial charge is 0.383 e. The third-order valence-corrected chi connectivity index (χ3v) is 5.72. The second-order valence-corrected chi connectivity index (χ2v) is 8.52. The first-order valence-electron chi connectivity index (χ1n) is 11.3. The minimum Gasteiger partial charge on any atom is -0.383 e. The van der Waals surface area contributed by atoms with Crippen molar-refractivity contribution in [1.82, 2.24) is 19.9 Å². The van der Waals surface area contributed by atoms with Crippen LogP contribution in [0.5, 0.6) is 0 Å². The molecule has 1 atom stereocenters. The first-order chi connectivity index (χ1) is 17.3. The standard InChI is InChI=1S/C26H27FN6O3/c1-15-5-10-20(31-25(34)18-6-8-19(27)9-7-18)11-22(15)32-24-23-17(3)21(12-33(23)29-14-28-24)26(35)30-16(2)13-36-4/h5-12,14,16H,13H2,1-4H3,(H,30,35)(H,31,34)(H,28,29,32)/t16-/m0/s1. The third kappa shape index (κ3) is 5.33. The van der Waals surface area contributed by atoms with Gasteiger partial charge in [0.25, 0.3) is 11.8 Å². The summed E-state index contributed by atoms with van der Waals surface area (Å²) in [6.07, 6.45) is 3.07. The normalized spacial score (nSPS) is 11.8. The van der Waals surface area contributed by atoms with Crippen molar-refractivity contribution in [2.24, 2.45) is 0 Å². The summed E-state index contributed by atoms with van der Waals surface area (Å²) >= 11 is 0. The Morgan fingerprint density at radius 1 is 1.11 bits per heavy atom. The van der Waals surface area contributed by atoms with Gasteiger partial charge in [-0.05, 0) is 68.3 Å². The summed E-state index contributed by atoms with van der Waals surface area (Å²) in [5, 5.41) is 13.3. The molecule has 9 nitrogen and oxygen atoms in total. The summed E-state index contributed by atoms with van der Waals surface area (Å²) in [6, 6.07) is 10.6. The molecular weight excluding hydrogens is 463 g/mol. The Kier molecular flexibility index (Phi) is 7.25. The number of aromatic nitrogens is 3. The maximum Gasteiger partial charge on any atom is 0.255 e. The number of ether oxygens (including phenoxy) is 1. The first kappa shape index (κ1) is 24.8. The molecule has 2 amide bonds. The van der Waals surface area contributed by atoms with E-state index < -0.39 is 5.82 Å². The molecule has 4 rings (SSSR count). The zero-order chi connectivity index (χ0) is 25.8. The predicted molar refractivity (Wildman–Crippen MR) is 135 cm³/mol. The molecular formula is C26H27FN6O3. The number of anilines is 3. The molecule has 2 heterocycles. The van der Waals surface area contributed by atoms with E-state index in [9.17, 15) is 14.0 Å². The van der Waals surface area contributed by atoms with Crippen molar-refractivity contribution in [1.29, 1.82) is 0 Å². The number of methoxy groups -OCH3 is 1. The van der Waals surface area contributed by atoms with Gasteiger partial charge in [-0.3, -0.25) is 9.59 Å². The van der Waals surface area contributed by atoms with Crippen LogP contribution in [0.1, 0.15) is 38.8 Å². The van der Waals surface area contributed by atoms with Crippen LogP contribution in [0.15, 0.2) is 55.0 Å². The number of hydrogen-bond donors (Lipinski definition) is 3. The highest BCUT2D eigenvalue weighted by Crippen LogP contribution is 2.28. The Bertz CT molecular complexity index is 1420. The number of nitrogens with zero attached hydrogens (tertiary/aromatic N) is 3. The SMILES string of the molecule is COC[C@H](C)NC(=O)c1cn2ncnc(Nc3cc(NC(=O)c4ccc(F)cc4)ccc3C)c2c1C. The summed E-state index contributed by atoms with van der Waals surface area (Å²) in [6.45, 7) is 6.03. The van der Waals surface area contributed by atoms with E-state index in [-0.39, 0.29) is 17.9 Å². The van der Waals surface area contributed by atoms with Crippen LogP contribution in [0.4, 0.5) is 21.6 Å². The van der Waals surface area contributed by atoms with Crippen molar-refractivity contribution >= 4 is 34.5 Å². The minimum atomic E-state index is -0.407. The van der Waals surface area contributed by atoms with Crippen molar-refractivity contribution in [2.45, 2.75) is 26.8 Å². The number of aryl methyl sites for hydroxylation is 2. The lowest BCUT2D eigenvalue weighted by Gasteiger charge is -2.13. The molecule has 3 N–H and O–H groups in total. The van der Waals surface area contributed by atoms with Gasteiger partial charge >= 0.3 is 0 Å². The van der Waals surface area contributed by atoms with Crippen LogP contribution in [-0.2, 0) is 4.74 Å². The van der Waals surface area contributed by atoms with Gasteiger partial charge in [-0.1, -0.05) is 6.07 Å². The van der Waals surface area contributed by atoms with Gasteiger partial charge in [0.1, 0.15) is 17.7 Å². The van der Waals surface area contributed by atoms with E-state index in [1.54, 1.807) is 30.0 Å². The Balaban J connectivity index is 1.60.